The Bertz CT molecular complexity index is 854. The summed E-state index contributed by atoms with van der Waals surface area (Å²) in [4.78, 5) is 21.6. The molecule has 1 N–H and O–H groups in total. The van der Waals surface area contributed by atoms with Crippen LogP contribution in [0, 0.1) is 6.92 Å². The third-order valence-electron chi connectivity index (χ3n) is 4.79. The smallest absolute Gasteiger partial charge is 0.353 e. The van der Waals surface area contributed by atoms with E-state index in [4.69, 9.17) is 0 Å². The number of aryl methyl sites for hydroxylation is 1. The SMILES string of the molecule is Cc1ccc(=O)n(CCN2CCCCC2CNc2nccc(C(F)(F)F)n2)n1. The van der Waals surface area contributed by atoms with Crippen molar-refractivity contribution in [2.24, 2.45) is 0 Å². The van der Waals surface area contributed by atoms with Gasteiger partial charge in [-0.3, -0.25) is 9.69 Å². The van der Waals surface area contributed by atoms with Gasteiger partial charge in [-0.05, 0) is 38.4 Å². The van der Waals surface area contributed by atoms with Crippen molar-refractivity contribution in [1.29, 1.82) is 0 Å². The topological polar surface area (TPSA) is 75.9 Å². The summed E-state index contributed by atoms with van der Waals surface area (Å²) in [6.07, 6.45) is -0.374. The number of halogens is 3. The number of aromatic nitrogens is 4. The van der Waals surface area contributed by atoms with E-state index < -0.39 is 11.9 Å². The van der Waals surface area contributed by atoms with E-state index in [0.717, 1.165) is 43.8 Å². The molecule has 3 heterocycles. The van der Waals surface area contributed by atoms with Crippen LogP contribution in [0.1, 0.15) is 30.7 Å². The summed E-state index contributed by atoms with van der Waals surface area (Å²) in [5, 5.41) is 7.17. The highest BCUT2D eigenvalue weighted by molar-refractivity contribution is 5.26. The molecule has 1 aliphatic rings. The van der Waals surface area contributed by atoms with E-state index in [1.807, 2.05) is 6.92 Å². The zero-order valence-electron chi connectivity index (χ0n) is 15.6. The Morgan fingerprint density at radius 1 is 1.21 bits per heavy atom. The van der Waals surface area contributed by atoms with Gasteiger partial charge in [0.2, 0.25) is 5.95 Å². The summed E-state index contributed by atoms with van der Waals surface area (Å²) in [6.45, 7) is 4.26. The Morgan fingerprint density at radius 2 is 2.04 bits per heavy atom. The summed E-state index contributed by atoms with van der Waals surface area (Å²) < 4.78 is 39.8. The van der Waals surface area contributed by atoms with Gasteiger partial charge in [-0.1, -0.05) is 6.42 Å². The second kappa shape index (κ2) is 8.68. The Labute approximate surface area is 160 Å². The molecule has 0 radical (unpaired) electrons. The molecule has 1 unspecified atom stereocenters. The maximum atomic E-state index is 12.8. The van der Waals surface area contributed by atoms with Gasteiger partial charge in [0.25, 0.3) is 5.56 Å². The molecule has 0 spiro atoms. The molecule has 3 rings (SSSR count). The predicted molar refractivity (Wildman–Crippen MR) is 98.0 cm³/mol. The zero-order valence-corrected chi connectivity index (χ0v) is 15.6. The van der Waals surface area contributed by atoms with Gasteiger partial charge < -0.3 is 5.32 Å². The maximum Gasteiger partial charge on any atom is 0.433 e. The van der Waals surface area contributed by atoms with E-state index in [1.54, 1.807) is 6.07 Å². The fourth-order valence-corrected chi connectivity index (χ4v) is 3.33. The number of nitrogens with zero attached hydrogens (tertiary/aromatic N) is 5. The molecule has 2 aromatic heterocycles. The normalized spacial score (nSPS) is 18.2. The zero-order chi connectivity index (χ0) is 20.1. The molecule has 0 bridgehead atoms. The van der Waals surface area contributed by atoms with Gasteiger partial charge in [0, 0.05) is 31.4 Å². The molecule has 7 nitrogen and oxygen atoms in total. The van der Waals surface area contributed by atoms with Gasteiger partial charge in [-0.25, -0.2) is 14.6 Å². The van der Waals surface area contributed by atoms with Gasteiger partial charge in [0.05, 0.1) is 12.2 Å². The lowest BCUT2D eigenvalue weighted by Crippen LogP contribution is -2.45. The fraction of sp³-hybridized carbons (Fsp3) is 0.556. The lowest BCUT2D eigenvalue weighted by atomic mass is 10.0. The molecule has 0 saturated carbocycles. The van der Waals surface area contributed by atoms with E-state index in [1.165, 1.54) is 10.7 Å². The summed E-state index contributed by atoms with van der Waals surface area (Å²) in [6, 6.07) is 4.17. The third-order valence-corrected chi connectivity index (χ3v) is 4.79. The number of nitrogens with one attached hydrogen (secondary N) is 1. The van der Waals surface area contributed by atoms with Crippen molar-refractivity contribution in [2.45, 2.75) is 44.9 Å². The first-order valence-corrected chi connectivity index (χ1v) is 9.26. The van der Waals surface area contributed by atoms with Crippen LogP contribution >= 0.6 is 0 Å². The molecular formula is C18H23F3N6O. The monoisotopic (exact) mass is 396 g/mol. The second-order valence-electron chi connectivity index (χ2n) is 6.87. The van der Waals surface area contributed by atoms with E-state index >= 15 is 0 Å². The summed E-state index contributed by atoms with van der Waals surface area (Å²) in [7, 11) is 0. The standard InChI is InChI=1S/C18H23F3N6O/c1-13-5-6-16(28)27(25-13)11-10-26-9-3-2-4-14(26)12-23-17-22-8-7-15(24-17)18(19,20)21/h5-8,14H,2-4,9-12H2,1H3,(H,22,23,24). The highest BCUT2D eigenvalue weighted by Gasteiger charge is 2.33. The van der Waals surface area contributed by atoms with Crippen LogP contribution in [-0.2, 0) is 12.7 Å². The van der Waals surface area contributed by atoms with Crippen LogP contribution in [0.3, 0.4) is 0 Å². The van der Waals surface area contributed by atoms with Gasteiger partial charge in [0.15, 0.2) is 0 Å². The predicted octanol–water partition coefficient (Wildman–Crippen LogP) is 2.33. The average Bonchev–Trinajstić information content (AvgIpc) is 2.67. The molecule has 152 valence electrons. The molecule has 1 atom stereocenters. The first-order chi connectivity index (χ1) is 13.3. The number of alkyl halides is 3. The van der Waals surface area contributed by atoms with Crippen molar-refractivity contribution in [3.8, 4) is 0 Å². The number of likely N-dealkylation sites (tertiary alicyclic amines) is 1. The molecule has 0 aliphatic carbocycles. The minimum absolute atomic E-state index is 0.0306. The van der Waals surface area contributed by atoms with Crippen LogP contribution in [0.15, 0.2) is 29.2 Å². The molecule has 1 fully saturated rings. The van der Waals surface area contributed by atoms with Crippen molar-refractivity contribution in [2.75, 3.05) is 25.0 Å². The first-order valence-electron chi connectivity index (χ1n) is 9.26. The van der Waals surface area contributed by atoms with Crippen LogP contribution < -0.4 is 10.9 Å². The van der Waals surface area contributed by atoms with E-state index in [2.05, 4.69) is 25.3 Å². The van der Waals surface area contributed by atoms with Crippen LogP contribution in [-0.4, -0.2) is 50.3 Å². The van der Waals surface area contributed by atoms with Gasteiger partial charge in [-0.15, -0.1) is 0 Å². The van der Waals surface area contributed by atoms with Crippen molar-refractivity contribution < 1.29 is 13.2 Å². The Kier molecular flexibility index (Phi) is 6.28. The molecule has 1 saturated heterocycles. The molecule has 10 heteroatoms. The lowest BCUT2D eigenvalue weighted by Gasteiger charge is -2.35. The molecule has 2 aromatic rings. The van der Waals surface area contributed by atoms with Crippen LogP contribution in [0.5, 0.6) is 0 Å². The van der Waals surface area contributed by atoms with Crippen LogP contribution in [0.4, 0.5) is 19.1 Å². The van der Waals surface area contributed by atoms with Crippen LogP contribution in [0.25, 0.3) is 0 Å². The van der Waals surface area contributed by atoms with Gasteiger partial charge in [-0.2, -0.15) is 18.3 Å². The van der Waals surface area contributed by atoms with Gasteiger partial charge >= 0.3 is 6.18 Å². The molecule has 0 amide bonds. The minimum atomic E-state index is -4.50. The summed E-state index contributed by atoms with van der Waals surface area (Å²) >= 11 is 0. The minimum Gasteiger partial charge on any atom is -0.353 e. The Hall–Kier alpha value is -2.49. The summed E-state index contributed by atoms with van der Waals surface area (Å²) in [5.41, 5.74) is -0.330. The Balaban J connectivity index is 1.60. The number of hydrogen-bond acceptors (Lipinski definition) is 6. The number of rotatable bonds is 6. The average molecular weight is 396 g/mol. The third kappa shape index (κ3) is 5.28. The molecule has 1 aliphatic heterocycles. The van der Waals surface area contributed by atoms with E-state index in [-0.39, 0.29) is 17.5 Å². The first kappa shape index (κ1) is 20.2. The number of hydrogen-bond donors (Lipinski definition) is 1. The summed E-state index contributed by atoms with van der Waals surface area (Å²) in [5.74, 6) is -0.0306. The highest BCUT2D eigenvalue weighted by atomic mass is 19.4. The molecule has 28 heavy (non-hydrogen) atoms. The molecular weight excluding hydrogens is 373 g/mol. The van der Waals surface area contributed by atoms with E-state index in [9.17, 15) is 18.0 Å². The second-order valence-corrected chi connectivity index (χ2v) is 6.87. The number of anilines is 1. The van der Waals surface area contributed by atoms with E-state index in [0.29, 0.717) is 19.6 Å². The quantitative estimate of drug-likeness (QED) is 0.808. The number of piperidine rings is 1. The Morgan fingerprint density at radius 3 is 2.82 bits per heavy atom. The van der Waals surface area contributed by atoms with Gasteiger partial charge in [0.1, 0.15) is 5.69 Å². The fourth-order valence-electron chi connectivity index (χ4n) is 3.33. The van der Waals surface area contributed by atoms with Crippen LogP contribution in [0.2, 0.25) is 0 Å². The van der Waals surface area contributed by atoms with Crippen molar-refractivity contribution in [1.82, 2.24) is 24.6 Å². The van der Waals surface area contributed by atoms with Crippen molar-refractivity contribution in [3.05, 3.63) is 46.1 Å². The highest BCUT2D eigenvalue weighted by Crippen LogP contribution is 2.27. The van der Waals surface area contributed by atoms with Crippen molar-refractivity contribution >= 4 is 5.95 Å². The lowest BCUT2D eigenvalue weighted by molar-refractivity contribution is -0.141. The van der Waals surface area contributed by atoms with Crippen molar-refractivity contribution in [3.63, 3.8) is 0 Å². The largest absolute Gasteiger partial charge is 0.433 e. The molecule has 0 aromatic carbocycles. The maximum absolute atomic E-state index is 12.8.